The Kier molecular flexibility index (Phi) is 4.15. The lowest BCUT2D eigenvalue weighted by atomic mass is 10.3. The van der Waals surface area contributed by atoms with Crippen molar-refractivity contribution in [3.63, 3.8) is 0 Å². The zero-order valence-corrected chi connectivity index (χ0v) is 14.1. The first kappa shape index (κ1) is 15.7. The van der Waals surface area contributed by atoms with Gasteiger partial charge in [0.25, 0.3) is 0 Å². The molecule has 1 saturated heterocycles. The summed E-state index contributed by atoms with van der Waals surface area (Å²) in [4.78, 5) is 4.56. The fourth-order valence-corrected chi connectivity index (χ4v) is 4.69. The summed E-state index contributed by atoms with van der Waals surface area (Å²) >= 11 is 6.27. The Morgan fingerprint density at radius 2 is 2.00 bits per heavy atom. The predicted octanol–water partition coefficient (Wildman–Crippen LogP) is 2.04. The highest BCUT2D eigenvalue weighted by atomic mass is 35.5. The molecule has 1 aromatic heterocycles. The molecule has 0 radical (unpaired) electrons. The Morgan fingerprint density at radius 3 is 2.64 bits per heavy atom. The molecule has 22 heavy (non-hydrogen) atoms. The average molecular weight is 344 g/mol. The summed E-state index contributed by atoms with van der Waals surface area (Å²) < 4.78 is 34.2. The zero-order chi connectivity index (χ0) is 15.9. The number of ether oxygens (including phenoxy) is 1. The molecule has 3 rings (SSSR count). The summed E-state index contributed by atoms with van der Waals surface area (Å²) in [6.07, 6.45) is 0. The van der Waals surface area contributed by atoms with Crippen LogP contribution in [0.15, 0.2) is 17.0 Å². The molecule has 0 spiro atoms. The second-order valence-electron chi connectivity index (χ2n) is 5.19. The number of halogens is 1. The standard InChI is InChI=1S/C14H18ClN3O3S/c1-3-18-10(2)16-12-9-14(11(15)8-13(12)18)22(19,20)17-4-6-21-7-5-17/h8-9H,3-7H2,1-2H3. The van der Waals surface area contributed by atoms with Crippen molar-refractivity contribution in [2.24, 2.45) is 0 Å². The van der Waals surface area contributed by atoms with Gasteiger partial charge in [-0.25, -0.2) is 13.4 Å². The molecule has 1 fully saturated rings. The second kappa shape index (κ2) is 5.81. The van der Waals surface area contributed by atoms with E-state index in [-0.39, 0.29) is 9.92 Å². The van der Waals surface area contributed by atoms with Gasteiger partial charge in [0.15, 0.2) is 0 Å². The number of hydrogen-bond donors (Lipinski definition) is 0. The van der Waals surface area contributed by atoms with Gasteiger partial charge in [0.1, 0.15) is 10.7 Å². The summed E-state index contributed by atoms with van der Waals surface area (Å²) in [5, 5.41) is 0.230. The van der Waals surface area contributed by atoms with Gasteiger partial charge >= 0.3 is 0 Å². The van der Waals surface area contributed by atoms with Gasteiger partial charge in [0.2, 0.25) is 10.0 Å². The first-order valence-corrected chi connectivity index (χ1v) is 9.01. The summed E-state index contributed by atoms with van der Waals surface area (Å²) in [5.41, 5.74) is 1.50. The van der Waals surface area contributed by atoms with Crippen molar-refractivity contribution >= 4 is 32.7 Å². The molecule has 0 aliphatic carbocycles. The molecule has 0 unspecified atom stereocenters. The minimum Gasteiger partial charge on any atom is -0.379 e. The molecule has 120 valence electrons. The van der Waals surface area contributed by atoms with E-state index in [1.165, 1.54) is 4.31 Å². The molecule has 0 amide bonds. The number of rotatable bonds is 3. The number of hydrogen-bond acceptors (Lipinski definition) is 4. The van der Waals surface area contributed by atoms with Crippen LogP contribution >= 0.6 is 11.6 Å². The molecule has 2 aromatic rings. The van der Waals surface area contributed by atoms with Gasteiger partial charge in [0, 0.05) is 19.6 Å². The van der Waals surface area contributed by atoms with E-state index in [9.17, 15) is 8.42 Å². The van der Waals surface area contributed by atoms with Crippen molar-refractivity contribution in [2.75, 3.05) is 26.3 Å². The summed E-state index contributed by atoms with van der Waals surface area (Å²) in [6, 6.07) is 3.26. The number of aryl methyl sites for hydroxylation is 2. The molecular weight excluding hydrogens is 326 g/mol. The van der Waals surface area contributed by atoms with Gasteiger partial charge in [-0.15, -0.1) is 0 Å². The molecule has 0 bridgehead atoms. The number of morpholine rings is 1. The Hall–Kier alpha value is -1.15. The second-order valence-corrected chi connectivity index (χ2v) is 7.50. The largest absolute Gasteiger partial charge is 0.379 e. The molecule has 8 heteroatoms. The maximum atomic E-state index is 12.8. The van der Waals surface area contributed by atoms with E-state index in [2.05, 4.69) is 4.98 Å². The average Bonchev–Trinajstić information content (AvgIpc) is 2.81. The minimum atomic E-state index is -3.62. The van der Waals surface area contributed by atoms with Crippen LogP contribution in [0.3, 0.4) is 0 Å². The monoisotopic (exact) mass is 343 g/mol. The lowest BCUT2D eigenvalue weighted by molar-refractivity contribution is 0.0730. The van der Waals surface area contributed by atoms with Gasteiger partial charge in [-0.2, -0.15) is 4.31 Å². The third-order valence-electron chi connectivity index (χ3n) is 3.90. The predicted molar refractivity (Wildman–Crippen MR) is 84.7 cm³/mol. The van der Waals surface area contributed by atoms with E-state index in [1.54, 1.807) is 12.1 Å². The molecule has 1 aromatic carbocycles. The first-order valence-electron chi connectivity index (χ1n) is 7.19. The fraction of sp³-hybridized carbons (Fsp3) is 0.500. The number of benzene rings is 1. The normalized spacial score (nSPS) is 17.2. The van der Waals surface area contributed by atoms with E-state index in [0.717, 1.165) is 17.9 Å². The highest BCUT2D eigenvalue weighted by Gasteiger charge is 2.29. The Labute approximate surface area is 134 Å². The molecule has 0 atom stereocenters. The number of sulfonamides is 1. The topological polar surface area (TPSA) is 64.4 Å². The zero-order valence-electron chi connectivity index (χ0n) is 12.5. The number of fused-ring (bicyclic) bond motifs is 1. The Balaban J connectivity index is 2.12. The van der Waals surface area contributed by atoms with Crippen LogP contribution in [0.25, 0.3) is 11.0 Å². The highest BCUT2D eigenvalue weighted by Crippen LogP contribution is 2.30. The van der Waals surface area contributed by atoms with Crippen LogP contribution in [-0.2, 0) is 21.3 Å². The molecule has 0 saturated carbocycles. The number of nitrogens with zero attached hydrogens (tertiary/aromatic N) is 3. The van der Waals surface area contributed by atoms with Crippen LogP contribution in [0.4, 0.5) is 0 Å². The smallest absolute Gasteiger partial charge is 0.244 e. The van der Waals surface area contributed by atoms with Crippen LogP contribution < -0.4 is 0 Å². The third kappa shape index (κ3) is 2.52. The minimum absolute atomic E-state index is 0.115. The number of aromatic nitrogens is 2. The highest BCUT2D eigenvalue weighted by molar-refractivity contribution is 7.89. The van der Waals surface area contributed by atoms with Crippen molar-refractivity contribution in [3.8, 4) is 0 Å². The van der Waals surface area contributed by atoms with E-state index < -0.39 is 10.0 Å². The van der Waals surface area contributed by atoms with E-state index in [4.69, 9.17) is 16.3 Å². The van der Waals surface area contributed by atoms with Crippen LogP contribution in [0.1, 0.15) is 12.7 Å². The van der Waals surface area contributed by atoms with Gasteiger partial charge in [-0.05, 0) is 26.0 Å². The van der Waals surface area contributed by atoms with Gasteiger partial charge in [-0.1, -0.05) is 11.6 Å². The van der Waals surface area contributed by atoms with Gasteiger partial charge in [0.05, 0.1) is 29.3 Å². The molecule has 2 heterocycles. The lowest BCUT2D eigenvalue weighted by Crippen LogP contribution is -2.40. The van der Waals surface area contributed by atoms with Gasteiger partial charge < -0.3 is 9.30 Å². The van der Waals surface area contributed by atoms with Crippen molar-refractivity contribution in [3.05, 3.63) is 23.0 Å². The van der Waals surface area contributed by atoms with E-state index >= 15 is 0 Å². The Bertz CT molecular complexity index is 810. The van der Waals surface area contributed by atoms with E-state index in [0.29, 0.717) is 31.8 Å². The van der Waals surface area contributed by atoms with Crippen LogP contribution in [0, 0.1) is 6.92 Å². The van der Waals surface area contributed by atoms with Crippen LogP contribution in [0.2, 0.25) is 5.02 Å². The summed E-state index contributed by atoms with van der Waals surface area (Å²) in [7, 11) is -3.62. The number of imidazole rings is 1. The molecule has 0 N–H and O–H groups in total. The SMILES string of the molecule is CCn1c(C)nc2cc(S(=O)(=O)N3CCOCC3)c(Cl)cc21. The van der Waals surface area contributed by atoms with E-state index in [1.807, 2.05) is 18.4 Å². The quantitative estimate of drug-likeness (QED) is 0.855. The summed E-state index contributed by atoms with van der Waals surface area (Å²) in [5.74, 6) is 0.842. The Morgan fingerprint density at radius 1 is 1.32 bits per heavy atom. The van der Waals surface area contributed by atoms with Gasteiger partial charge in [-0.3, -0.25) is 0 Å². The van der Waals surface area contributed by atoms with Crippen molar-refractivity contribution in [2.45, 2.75) is 25.3 Å². The van der Waals surface area contributed by atoms with Crippen molar-refractivity contribution in [1.82, 2.24) is 13.9 Å². The molecule has 1 aliphatic heterocycles. The van der Waals surface area contributed by atoms with Crippen LogP contribution in [-0.4, -0.2) is 48.6 Å². The molecule has 6 nitrogen and oxygen atoms in total. The summed E-state index contributed by atoms with van der Waals surface area (Å²) in [6.45, 7) is 6.17. The molecule has 1 aliphatic rings. The van der Waals surface area contributed by atoms with Crippen molar-refractivity contribution in [1.29, 1.82) is 0 Å². The lowest BCUT2D eigenvalue weighted by Gasteiger charge is -2.26. The van der Waals surface area contributed by atoms with Crippen molar-refractivity contribution < 1.29 is 13.2 Å². The maximum absolute atomic E-state index is 12.8. The maximum Gasteiger partial charge on any atom is 0.244 e. The molecular formula is C14H18ClN3O3S. The van der Waals surface area contributed by atoms with Crippen LogP contribution in [0.5, 0.6) is 0 Å². The fourth-order valence-electron chi connectivity index (χ4n) is 2.77. The first-order chi connectivity index (χ1) is 10.4. The third-order valence-corrected chi connectivity index (χ3v) is 6.26.